The van der Waals surface area contributed by atoms with Gasteiger partial charge in [0.2, 0.25) is 0 Å². The van der Waals surface area contributed by atoms with Gasteiger partial charge in [-0.3, -0.25) is 9.52 Å². The first-order chi connectivity index (χ1) is 15.7. The largest absolute Gasteiger partial charge is 0.481 e. The van der Waals surface area contributed by atoms with E-state index < -0.39 is 27.7 Å². The number of thiazole rings is 1. The molecule has 2 N–H and O–H groups in total. The lowest BCUT2D eigenvalue weighted by Crippen LogP contribution is -2.30. The molecule has 0 aliphatic carbocycles. The second kappa shape index (κ2) is 9.04. The molecule has 170 valence electrons. The zero-order valence-electron chi connectivity index (χ0n) is 17.6. The van der Waals surface area contributed by atoms with Crippen molar-refractivity contribution in [2.24, 2.45) is 0 Å². The van der Waals surface area contributed by atoms with E-state index >= 15 is 0 Å². The molecule has 0 radical (unpaired) electrons. The summed E-state index contributed by atoms with van der Waals surface area (Å²) in [7, 11) is -3.78. The molecule has 0 fully saturated rings. The lowest BCUT2D eigenvalue weighted by Gasteiger charge is -2.15. The normalized spacial score (nSPS) is 12.3. The number of aryl methyl sites for hydroxylation is 1. The van der Waals surface area contributed by atoms with Crippen molar-refractivity contribution >= 4 is 49.1 Å². The van der Waals surface area contributed by atoms with Gasteiger partial charge in [0, 0.05) is 34.8 Å². The Morgan fingerprint density at radius 2 is 1.91 bits per heavy atom. The van der Waals surface area contributed by atoms with Crippen LogP contribution >= 0.6 is 11.3 Å². The van der Waals surface area contributed by atoms with E-state index in [1.54, 1.807) is 30.5 Å². The summed E-state index contributed by atoms with van der Waals surface area (Å²) in [6.45, 7) is 3.38. The molecule has 0 saturated carbocycles. The Labute approximate surface area is 193 Å². The highest BCUT2D eigenvalue weighted by atomic mass is 32.2. The summed E-state index contributed by atoms with van der Waals surface area (Å²) in [6, 6.07) is 12.1. The van der Waals surface area contributed by atoms with Crippen LogP contribution in [0.4, 0.5) is 10.8 Å². The van der Waals surface area contributed by atoms with E-state index in [1.165, 1.54) is 47.9 Å². The molecule has 0 aliphatic heterocycles. The van der Waals surface area contributed by atoms with E-state index in [0.717, 1.165) is 10.9 Å². The van der Waals surface area contributed by atoms with Crippen molar-refractivity contribution < 1.29 is 22.4 Å². The average Bonchev–Trinajstić information content (AvgIpc) is 3.26. The van der Waals surface area contributed by atoms with Gasteiger partial charge >= 0.3 is 5.63 Å². The zero-order valence-corrected chi connectivity index (χ0v) is 19.2. The summed E-state index contributed by atoms with van der Waals surface area (Å²) in [5.41, 5.74) is 1.10. The highest BCUT2D eigenvalue weighted by molar-refractivity contribution is 7.93. The molecule has 2 heterocycles. The van der Waals surface area contributed by atoms with Crippen LogP contribution in [0.1, 0.15) is 12.5 Å². The predicted octanol–water partition coefficient (Wildman–Crippen LogP) is 3.76. The van der Waals surface area contributed by atoms with E-state index in [4.69, 9.17) is 9.15 Å². The summed E-state index contributed by atoms with van der Waals surface area (Å²) in [4.78, 5) is 28.1. The fourth-order valence-corrected chi connectivity index (χ4v) is 4.83. The first-order valence-corrected chi connectivity index (χ1v) is 12.1. The van der Waals surface area contributed by atoms with Gasteiger partial charge in [-0.2, -0.15) is 0 Å². The van der Waals surface area contributed by atoms with Crippen LogP contribution in [0.3, 0.4) is 0 Å². The molecule has 2 aromatic heterocycles. The maximum Gasteiger partial charge on any atom is 0.336 e. The predicted molar refractivity (Wildman–Crippen MR) is 125 cm³/mol. The molecule has 0 aliphatic rings. The standard InChI is InChI=1S/C22H19N3O6S2/c1-13-11-20(26)31-19-12-16(5-8-18(13)19)30-14(2)21(27)24-15-3-6-17(7-4-15)33(28,29)25-22-23-9-10-32-22/h3-12,14H,1-2H3,(H,23,25)(H,24,27). The minimum absolute atomic E-state index is 0.0351. The molecule has 0 saturated heterocycles. The topological polar surface area (TPSA) is 128 Å². The monoisotopic (exact) mass is 485 g/mol. The Morgan fingerprint density at radius 1 is 1.15 bits per heavy atom. The number of hydrogen-bond donors (Lipinski definition) is 2. The average molecular weight is 486 g/mol. The van der Waals surface area contributed by atoms with E-state index in [1.807, 2.05) is 6.92 Å². The minimum Gasteiger partial charge on any atom is -0.481 e. The van der Waals surface area contributed by atoms with E-state index in [-0.39, 0.29) is 10.0 Å². The second-order valence-corrected chi connectivity index (χ2v) is 9.70. The SMILES string of the molecule is Cc1cc(=O)oc2cc(OC(C)C(=O)Nc3ccc(S(=O)(=O)Nc4nccs4)cc3)ccc12. The maximum atomic E-state index is 12.5. The smallest absolute Gasteiger partial charge is 0.336 e. The van der Waals surface area contributed by atoms with E-state index in [0.29, 0.717) is 17.0 Å². The quantitative estimate of drug-likeness (QED) is 0.382. The van der Waals surface area contributed by atoms with Crippen molar-refractivity contribution in [2.75, 3.05) is 10.0 Å². The number of nitrogens with one attached hydrogen (secondary N) is 2. The molecular formula is C22H19N3O6S2. The molecule has 1 atom stereocenters. The van der Waals surface area contributed by atoms with Crippen LogP contribution in [0, 0.1) is 6.92 Å². The summed E-state index contributed by atoms with van der Waals surface area (Å²) in [5.74, 6) is -0.0640. The highest BCUT2D eigenvalue weighted by Crippen LogP contribution is 2.24. The first kappa shape index (κ1) is 22.5. The number of carbonyl (C=O) groups is 1. The number of benzene rings is 2. The van der Waals surface area contributed by atoms with Crippen molar-refractivity contribution in [1.82, 2.24) is 4.98 Å². The van der Waals surface area contributed by atoms with Gasteiger partial charge in [0.25, 0.3) is 15.9 Å². The maximum absolute atomic E-state index is 12.5. The molecule has 11 heteroatoms. The van der Waals surface area contributed by atoms with Crippen LogP contribution in [0.5, 0.6) is 5.75 Å². The third-order valence-electron chi connectivity index (χ3n) is 4.69. The Bertz CT molecular complexity index is 1460. The number of anilines is 2. The van der Waals surface area contributed by atoms with Gasteiger partial charge in [0.1, 0.15) is 11.3 Å². The molecule has 4 aromatic rings. The highest BCUT2D eigenvalue weighted by Gasteiger charge is 2.18. The van der Waals surface area contributed by atoms with E-state index in [2.05, 4.69) is 15.0 Å². The number of amides is 1. The molecule has 1 unspecified atom stereocenters. The molecule has 0 spiro atoms. The number of hydrogen-bond acceptors (Lipinski definition) is 8. The van der Waals surface area contributed by atoms with Gasteiger partial charge < -0.3 is 14.5 Å². The van der Waals surface area contributed by atoms with Crippen LogP contribution in [0.15, 0.2) is 74.2 Å². The van der Waals surface area contributed by atoms with Gasteiger partial charge in [-0.05, 0) is 55.8 Å². The molecular weight excluding hydrogens is 466 g/mol. The Balaban J connectivity index is 1.41. The van der Waals surface area contributed by atoms with Crippen molar-refractivity contribution in [3.05, 3.63) is 76.1 Å². The molecule has 1 amide bonds. The molecule has 0 bridgehead atoms. The summed E-state index contributed by atoms with van der Waals surface area (Å²) < 4.78 is 38.1. The van der Waals surface area contributed by atoms with Crippen LogP contribution in [-0.4, -0.2) is 25.4 Å². The lowest BCUT2D eigenvalue weighted by molar-refractivity contribution is -0.122. The van der Waals surface area contributed by atoms with Crippen molar-refractivity contribution in [2.45, 2.75) is 24.8 Å². The van der Waals surface area contributed by atoms with Gasteiger partial charge in [0.05, 0.1) is 4.90 Å². The number of sulfonamides is 1. The summed E-state index contributed by atoms with van der Waals surface area (Å²) in [6.07, 6.45) is 0.632. The second-order valence-electron chi connectivity index (χ2n) is 7.12. The van der Waals surface area contributed by atoms with Crippen molar-refractivity contribution in [3.63, 3.8) is 0 Å². The van der Waals surface area contributed by atoms with Gasteiger partial charge in [-0.25, -0.2) is 18.2 Å². The Morgan fingerprint density at radius 3 is 2.61 bits per heavy atom. The van der Waals surface area contributed by atoms with Crippen LogP contribution in [0.2, 0.25) is 0 Å². The van der Waals surface area contributed by atoms with Crippen LogP contribution in [-0.2, 0) is 14.8 Å². The number of carbonyl (C=O) groups excluding carboxylic acids is 1. The number of ether oxygens (including phenoxy) is 1. The van der Waals surface area contributed by atoms with Crippen molar-refractivity contribution in [1.29, 1.82) is 0 Å². The summed E-state index contributed by atoms with van der Waals surface area (Å²) >= 11 is 1.17. The number of nitrogens with zero attached hydrogens (tertiary/aromatic N) is 1. The molecule has 33 heavy (non-hydrogen) atoms. The summed E-state index contributed by atoms with van der Waals surface area (Å²) in [5, 5.41) is 5.38. The van der Waals surface area contributed by atoms with Gasteiger partial charge in [-0.15, -0.1) is 11.3 Å². The first-order valence-electron chi connectivity index (χ1n) is 9.76. The van der Waals surface area contributed by atoms with Gasteiger partial charge in [-0.1, -0.05) is 0 Å². The number of rotatable bonds is 7. The van der Waals surface area contributed by atoms with Gasteiger partial charge in [0.15, 0.2) is 11.2 Å². The third kappa shape index (κ3) is 5.21. The lowest BCUT2D eigenvalue weighted by atomic mass is 10.1. The fraction of sp³-hybridized carbons (Fsp3) is 0.136. The Kier molecular flexibility index (Phi) is 6.16. The van der Waals surface area contributed by atoms with Crippen molar-refractivity contribution in [3.8, 4) is 5.75 Å². The molecule has 9 nitrogen and oxygen atoms in total. The molecule has 4 rings (SSSR count). The fourth-order valence-electron chi connectivity index (χ4n) is 3.05. The van der Waals surface area contributed by atoms with E-state index in [9.17, 15) is 18.0 Å². The van der Waals surface area contributed by atoms with Crippen LogP contribution in [0.25, 0.3) is 11.0 Å². The zero-order chi connectivity index (χ0) is 23.6. The molecule has 2 aromatic carbocycles. The number of aromatic nitrogens is 1. The Hall–Kier alpha value is -3.70. The third-order valence-corrected chi connectivity index (χ3v) is 6.86. The van der Waals surface area contributed by atoms with Crippen LogP contribution < -0.4 is 20.4 Å². The number of fused-ring (bicyclic) bond motifs is 1. The minimum atomic E-state index is -3.78.